The lowest BCUT2D eigenvalue weighted by Crippen LogP contribution is -2.37. The van der Waals surface area contributed by atoms with E-state index >= 15 is 0 Å². The first-order valence-electron chi connectivity index (χ1n) is 5.66. The highest BCUT2D eigenvalue weighted by Crippen LogP contribution is 2.27. The summed E-state index contributed by atoms with van der Waals surface area (Å²) in [4.78, 5) is 8.95. The highest BCUT2D eigenvalue weighted by atomic mass is 35.5. The van der Waals surface area contributed by atoms with Gasteiger partial charge in [-0.3, -0.25) is 0 Å². The Morgan fingerprint density at radius 2 is 2.19 bits per heavy atom. The van der Waals surface area contributed by atoms with Crippen molar-refractivity contribution in [3.63, 3.8) is 0 Å². The van der Waals surface area contributed by atoms with E-state index in [9.17, 15) is 0 Å². The largest absolute Gasteiger partial charge is 0.348 e. The molecular formula is C11H18ClN3S. The van der Waals surface area contributed by atoms with Crippen LogP contribution in [0.15, 0.2) is 5.38 Å². The third-order valence-corrected chi connectivity index (χ3v) is 4.20. The summed E-state index contributed by atoms with van der Waals surface area (Å²) in [6.45, 7) is 3.43. The summed E-state index contributed by atoms with van der Waals surface area (Å²) in [7, 11) is 4.29. The molecule has 1 aliphatic heterocycles. The SMILES string of the molecule is CN(C)CC1CCN(c2nc(Cl)cs2)CC1. The van der Waals surface area contributed by atoms with E-state index in [0.717, 1.165) is 24.1 Å². The molecule has 3 nitrogen and oxygen atoms in total. The van der Waals surface area contributed by atoms with Crippen molar-refractivity contribution in [3.8, 4) is 0 Å². The summed E-state index contributed by atoms with van der Waals surface area (Å²) in [5.74, 6) is 0.835. The highest BCUT2D eigenvalue weighted by Gasteiger charge is 2.21. The minimum Gasteiger partial charge on any atom is -0.348 e. The molecule has 0 N–H and O–H groups in total. The fraction of sp³-hybridized carbons (Fsp3) is 0.727. The van der Waals surface area contributed by atoms with Crippen molar-refractivity contribution in [1.29, 1.82) is 0 Å². The van der Waals surface area contributed by atoms with Crippen molar-refractivity contribution >= 4 is 28.1 Å². The molecule has 1 aliphatic rings. The second-order valence-corrected chi connectivity index (χ2v) is 5.87. The number of halogens is 1. The van der Waals surface area contributed by atoms with E-state index in [1.165, 1.54) is 19.4 Å². The average molecular weight is 260 g/mol. The number of anilines is 1. The molecule has 0 saturated carbocycles. The van der Waals surface area contributed by atoms with Crippen LogP contribution in [0.25, 0.3) is 0 Å². The van der Waals surface area contributed by atoms with Gasteiger partial charge in [-0.2, -0.15) is 0 Å². The Labute approximate surface area is 106 Å². The summed E-state index contributed by atoms with van der Waals surface area (Å²) >= 11 is 7.49. The second-order valence-electron chi connectivity index (χ2n) is 4.65. The second kappa shape index (κ2) is 5.34. The van der Waals surface area contributed by atoms with Crippen molar-refractivity contribution in [2.24, 2.45) is 5.92 Å². The van der Waals surface area contributed by atoms with Gasteiger partial charge in [0.25, 0.3) is 0 Å². The Hall–Kier alpha value is -0.320. The standard InChI is InChI=1S/C11H18ClN3S/c1-14(2)7-9-3-5-15(6-4-9)11-13-10(12)8-16-11/h8-9H,3-7H2,1-2H3. The van der Waals surface area contributed by atoms with Gasteiger partial charge in [-0.15, -0.1) is 11.3 Å². The summed E-state index contributed by atoms with van der Waals surface area (Å²) in [5.41, 5.74) is 0. The van der Waals surface area contributed by atoms with Gasteiger partial charge in [-0.05, 0) is 32.9 Å². The molecule has 1 saturated heterocycles. The maximum absolute atomic E-state index is 5.84. The van der Waals surface area contributed by atoms with Gasteiger partial charge in [0.2, 0.25) is 0 Å². The normalized spacial score (nSPS) is 18.4. The van der Waals surface area contributed by atoms with Crippen molar-refractivity contribution in [1.82, 2.24) is 9.88 Å². The third-order valence-electron chi connectivity index (χ3n) is 2.97. The Balaban J connectivity index is 1.85. The van der Waals surface area contributed by atoms with Crippen LogP contribution in [0.2, 0.25) is 5.15 Å². The number of rotatable bonds is 3. The first-order chi connectivity index (χ1) is 7.65. The lowest BCUT2D eigenvalue weighted by Gasteiger charge is -2.32. The van der Waals surface area contributed by atoms with E-state index < -0.39 is 0 Å². The summed E-state index contributed by atoms with van der Waals surface area (Å²) in [6.07, 6.45) is 2.52. The zero-order chi connectivity index (χ0) is 11.5. The minimum absolute atomic E-state index is 0.621. The van der Waals surface area contributed by atoms with E-state index in [1.54, 1.807) is 11.3 Å². The van der Waals surface area contributed by atoms with Crippen LogP contribution in [0, 0.1) is 5.92 Å². The summed E-state index contributed by atoms with van der Waals surface area (Å²) in [6, 6.07) is 0. The number of nitrogens with zero attached hydrogens (tertiary/aromatic N) is 3. The minimum atomic E-state index is 0.621. The molecule has 1 aromatic heterocycles. The fourth-order valence-corrected chi connectivity index (χ4v) is 3.22. The van der Waals surface area contributed by atoms with E-state index in [-0.39, 0.29) is 0 Å². The zero-order valence-electron chi connectivity index (χ0n) is 9.82. The van der Waals surface area contributed by atoms with Gasteiger partial charge < -0.3 is 9.80 Å². The Morgan fingerprint density at radius 3 is 2.69 bits per heavy atom. The molecule has 0 aromatic carbocycles. The molecule has 5 heteroatoms. The predicted octanol–water partition coefficient (Wildman–Crippen LogP) is 2.57. The molecule has 0 amide bonds. The molecule has 2 rings (SSSR count). The van der Waals surface area contributed by atoms with Crippen molar-refractivity contribution in [2.75, 3.05) is 38.6 Å². The third kappa shape index (κ3) is 3.09. The molecule has 0 unspecified atom stereocenters. The van der Waals surface area contributed by atoms with Gasteiger partial charge in [0, 0.05) is 25.0 Å². The molecule has 2 heterocycles. The van der Waals surface area contributed by atoms with Crippen molar-refractivity contribution in [2.45, 2.75) is 12.8 Å². The topological polar surface area (TPSA) is 19.4 Å². The monoisotopic (exact) mass is 259 g/mol. The van der Waals surface area contributed by atoms with Gasteiger partial charge in [-0.1, -0.05) is 11.6 Å². The predicted molar refractivity (Wildman–Crippen MR) is 70.6 cm³/mol. The molecular weight excluding hydrogens is 242 g/mol. The maximum atomic E-state index is 5.84. The Morgan fingerprint density at radius 1 is 1.50 bits per heavy atom. The fourth-order valence-electron chi connectivity index (χ4n) is 2.21. The number of hydrogen-bond acceptors (Lipinski definition) is 4. The van der Waals surface area contributed by atoms with E-state index in [0.29, 0.717) is 5.15 Å². The first kappa shape index (κ1) is 12.1. The molecule has 1 fully saturated rings. The number of thiazole rings is 1. The van der Waals surface area contributed by atoms with Crippen LogP contribution in [-0.4, -0.2) is 43.6 Å². The summed E-state index contributed by atoms with van der Waals surface area (Å²) < 4.78 is 0. The van der Waals surface area contributed by atoms with Gasteiger partial charge in [0.1, 0.15) is 5.15 Å². The van der Waals surface area contributed by atoms with Gasteiger partial charge in [-0.25, -0.2) is 4.98 Å². The molecule has 0 atom stereocenters. The van der Waals surface area contributed by atoms with Crippen LogP contribution in [0.1, 0.15) is 12.8 Å². The molecule has 0 spiro atoms. The lowest BCUT2D eigenvalue weighted by molar-refractivity contribution is 0.285. The van der Waals surface area contributed by atoms with Crippen LogP contribution in [0.5, 0.6) is 0 Å². The Kier molecular flexibility index (Phi) is 4.05. The molecule has 90 valence electrons. The van der Waals surface area contributed by atoms with Crippen molar-refractivity contribution < 1.29 is 0 Å². The molecule has 0 radical (unpaired) electrons. The molecule has 16 heavy (non-hydrogen) atoms. The van der Waals surface area contributed by atoms with Gasteiger partial charge in [0.05, 0.1) is 0 Å². The average Bonchev–Trinajstić information content (AvgIpc) is 2.65. The quantitative estimate of drug-likeness (QED) is 0.832. The lowest BCUT2D eigenvalue weighted by atomic mass is 9.97. The first-order valence-corrected chi connectivity index (χ1v) is 6.91. The number of aromatic nitrogens is 1. The highest BCUT2D eigenvalue weighted by molar-refractivity contribution is 7.14. The van der Waals surface area contributed by atoms with Crippen LogP contribution in [-0.2, 0) is 0 Å². The van der Waals surface area contributed by atoms with Gasteiger partial charge in [0.15, 0.2) is 5.13 Å². The smallest absolute Gasteiger partial charge is 0.186 e. The molecule has 0 aliphatic carbocycles. The van der Waals surface area contributed by atoms with E-state index in [2.05, 4.69) is 28.9 Å². The van der Waals surface area contributed by atoms with Crippen LogP contribution in [0.4, 0.5) is 5.13 Å². The van der Waals surface area contributed by atoms with Gasteiger partial charge >= 0.3 is 0 Å². The summed E-state index contributed by atoms with van der Waals surface area (Å²) in [5, 5.41) is 3.60. The maximum Gasteiger partial charge on any atom is 0.186 e. The molecule has 0 bridgehead atoms. The van der Waals surface area contributed by atoms with E-state index in [4.69, 9.17) is 11.6 Å². The Bertz CT molecular complexity index is 332. The van der Waals surface area contributed by atoms with Crippen molar-refractivity contribution in [3.05, 3.63) is 10.5 Å². The van der Waals surface area contributed by atoms with Crippen LogP contribution < -0.4 is 4.90 Å². The molecule has 1 aromatic rings. The van der Waals surface area contributed by atoms with E-state index in [1.807, 2.05) is 5.38 Å². The zero-order valence-corrected chi connectivity index (χ0v) is 11.4. The van der Waals surface area contributed by atoms with Crippen LogP contribution >= 0.6 is 22.9 Å². The number of hydrogen-bond donors (Lipinski definition) is 0. The van der Waals surface area contributed by atoms with Crippen LogP contribution in [0.3, 0.4) is 0 Å². The number of piperidine rings is 1.